The Hall–Kier alpha value is -5.61. The molecule has 2 aliphatic rings. The van der Waals surface area contributed by atoms with Crippen LogP contribution in [0.2, 0.25) is 0 Å². The minimum absolute atomic E-state index is 0.0167. The molecule has 0 fully saturated rings. The first kappa shape index (κ1) is 23.0. The van der Waals surface area contributed by atoms with Crippen molar-refractivity contribution >= 4 is 33.0 Å². The second-order valence-corrected chi connectivity index (χ2v) is 11.5. The molecule has 2 unspecified atom stereocenters. The van der Waals surface area contributed by atoms with Gasteiger partial charge in [0.15, 0.2) is 0 Å². The van der Waals surface area contributed by atoms with Crippen molar-refractivity contribution < 1.29 is 9.15 Å². The SMILES string of the molecule is c1ccc2c(c1)-c1nc3ccccc3n1C1c3cc(-c4ccc(-c5ccc6oc7ccccc7c6c5)cc4)ccc3OC21. The van der Waals surface area contributed by atoms with Gasteiger partial charge in [-0.1, -0.05) is 91.0 Å². The van der Waals surface area contributed by atoms with Crippen LogP contribution in [0.15, 0.2) is 138 Å². The van der Waals surface area contributed by atoms with Crippen LogP contribution in [0.5, 0.6) is 5.75 Å². The molecule has 2 aliphatic heterocycles. The van der Waals surface area contributed by atoms with Gasteiger partial charge >= 0.3 is 0 Å². The highest BCUT2D eigenvalue weighted by Gasteiger charge is 2.43. The van der Waals surface area contributed by atoms with Crippen LogP contribution in [0.4, 0.5) is 0 Å². The lowest BCUT2D eigenvalue weighted by atomic mass is 9.89. The number of para-hydroxylation sites is 3. The predicted octanol–water partition coefficient (Wildman–Crippen LogP) is 9.97. The topological polar surface area (TPSA) is 40.2 Å². The second kappa shape index (κ2) is 8.46. The summed E-state index contributed by atoms with van der Waals surface area (Å²) in [7, 11) is 0. The third-order valence-electron chi connectivity index (χ3n) is 9.18. The zero-order chi connectivity index (χ0) is 28.1. The molecule has 43 heavy (non-hydrogen) atoms. The molecule has 4 heterocycles. The Morgan fingerprint density at radius 3 is 2.16 bits per heavy atom. The van der Waals surface area contributed by atoms with E-state index in [9.17, 15) is 0 Å². The van der Waals surface area contributed by atoms with Gasteiger partial charge in [-0.05, 0) is 64.7 Å². The van der Waals surface area contributed by atoms with Crippen molar-refractivity contribution in [2.24, 2.45) is 0 Å². The number of ether oxygens (including phenoxy) is 1. The van der Waals surface area contributed by atoms with Gasteiger partial charge in [-0.15, -0.1) is 0 Å². The maximum atomic E-state index is 6.68. The molecular formula is C39H24N2O2. The summed E-state index contributed by atoms with van der Waals surface area (Å²) in [5.41, 5.74) is 12.2. The number of hydrogen-bond acceptors (Lipinski definition) is 3. The predicted molar refractivity (Wildman–Crippen MR) is 171 cm³/mol. The van der Waals surface area contributed by atoms with Crippen molar-refractivity contribution in [3.8, 4) is 39.4 Å². The van der Waals surface area contributed by atoms with Crippen LogP contribution in [0.25, 0.3) is 66.6 Å². The molecule has 6 aromatic carbocycles. The maximum Gasteiger partial charge on any atom is 0.149 e. The number of fused-ring (bicyclic) bond motifs is 13. The van der Waals surface area contributed by atoms with E-state index in [4.69, 9.17) is 14.1 Å². The van der Waals surface area contributed by atoms with Gasteiger partial charge in [0.25, 0.3) is 0 Å². The minimum atomic E-state index is -0.0946. The summed E-state index contributed by atoms with van der Waals surface area (Å²) in [6.45, 7) is 0. The summed E-state index contributed by atoms with van der Waals surface area (Å²) in [6.07, 6.45) is -0.0946. The number of imidazole rings is 1. The van der Waals surface area contributed by atoms with Crippen LogP contribution in [0.3, 0.4) is 0 Å². The van der Waals surface area contributed by atoms with Gasteiger partial charge in [-0.3, -0.25) is 0 Å². The number of rotatable bonds is 2. The number of aromatic nitrogens is 2. The van der Waals surface area contributed by atoms with Crippen molar-refractivity contribution in [1.82, 2.24) is 9.55 Å². The molecule has 0 saturated carbocycles. The van der Waals surface area contributed by atoms with Gasteiger partial charge in [0.1, 0.15) is 34.9 Å². The molecule has 0 N–H and O–H groups in total. The van der Waals surface area contributed by atoms with Crippen LogP contribution in [0.1, 0.15) is 23.3 Å². The van der Waals surface area contributed by atoms with E-state index in [0.29, 0.717) is 0 Å². The van der Waals surface area contributed by atoms with E-state index in [0.717, 1.165) is 50.1 Å². The van der Waals surface area contributed by atoms with Crippen LogP contribution in [-0.4, -0.2) is 9.55 Å². The van der Waals surface area contributed by atoms with Crippen LogP contribution in [-0.2, 0) is 0 Å². The third kappa shape index (κ3) is 3.23. The normalized spacial score (nSPS) is 16.6. The Morgan fingerprint density at radius 2 is 1.26 bits per heavy atom. The molecule has 202 valence electrons. The van der Waals surface area contributed by atoms with E-state index in [2.05, 4.69) is 126 Å². The van der Waals surface area contributed by atoms with Crippen molar-refractivity contribution in [2.75, 3.05) is 0 Å². The van der Waals surface area contributed by atoms with Crippen LogP contribution in [0, 0.1) is 0 Å². The lowest BCUT2D eigenvalue weighted by molar-refractivity contribution is 0.195. The van der Waals surface area contributed by atoms with E-state index in [-0.39, 0.29) is 12.1 Å². The van der Waals surface area contributed by atoms with Gasteiger partial charge in [0, 0.05) is 27.5 Å². The van der Waals surface area contributed by atoms with E-state index in [1.54, 1.807) is 0 Å². The van der Waals surface area contributed by atoms with Crippen LogP contribution < -0.4 is 4.74 Å². The minimum Gasteiger partial charge on any atom is -0.483 e. The zero-order valence-electron chi connectivity index (χ0n) is 23.1. The monoisotopic (exact) mass is 552 g/mol. The zero-order valence-corrected chi connectivity index (χ0v) is 23.1. The Bertz CT molecular complexity index is 2400. The van der Waals surface area contributed by atoms with E-state index < -0.39 is 0 Å². The molecule has 0 aliphatic carbocycles. The molecule has 0 radical (unpaired) electrons. The van der Waals surface area contributed by atoms with Gasteiger partial charge in [-0.2, -0.15) is 0 Å². The van der Waals surface area contributed by atoms with Crippen molar-refractivity contribution in [3.63, 3.8) is 0 Å². The molecule has 4 heteroatoms. The highest BCUT2D eigenvalue weighted by Crippen LogP contribution is 2.54. The number of benzene rings is 6. The summed E-state index contributed by atoms with van der Waals surface area (Å²) in [4.78, 5) is 5.08. The fourth-order valence-corrected chi connectivity index (χ4v) is 7.16. The molecule has 0 spiro atoms. The molecule has 0 amide bonds. The van der Waals surface area contributed by atoms with E-state index >= 15 is 0 Å². The van der Waals surface area contributed by atoms with Crippen LogP contribution >= 0.6 is 0 Å². The number of nitrogens with zero attached hydrogens (tertiary/aromatic N) is 2. The molecule has 2 aromatic heterocycles. The summed E-state index contributed by atoms with van der Waals surface area (Å²) in [5, 5.41) is 2.29. The van der Waals surface area contributed by atoms with Gasteiger partial charge in [0.2, 0.25) is 0 Å². The molecular weight excluding hydrogens is 528 g/mol. The van der Waals surface area contributed by atoms with Gasteiger partial charge in [0.05, 0.1) is 11.0 Å². The Kier molecular flexibility index (Phi) is 4.53. The smallest absolute Gasteiger partial charge is 0.149 e. The lowest BCUT2D eigenvalue weighted by Gasteiger charge is -2.30. The highest BCUT2D eigenvalue weighted by atomic mass is 16.5. The Morgan fingerprint density at radius 1 is 0.558 bits per heavy atom. The average molecular weight is 553 g/mol. The standard InChI is InChI=1S/C39H24N2O2/c1-2-9-29-28(8-1)38-37(41-33-11-5-4-10-32(33)40-39(29)41)31-22-26(18-20-36(31)43-38)24-15-13-23(14-16-24)25-17-19-35-30(21-25)27-7-3-6-12-34(27)42-35/h1-22,37-38H. The fraction of sp³-hybridized carbons (Fsp3) is 0.0513. The molecule has 0 bridgehead atoms. The summed E-state index contributed by atoms with van der Waals surface area (Å²) in [5.74, 6) is 1.95. The lowest BCUT2D eigenvalue weighted by Crippen LogP contribution is -2.23. The maximum absolute atomic E-state index is 6.68. The van der Waals surface area contributed by atoms with Gasteiger partial charge < -0.3 is 13.7 Å². The number of furan rings is 1. The first-order chi connectivity index (χ1) is 21.3. The van der Waals surface area contributed by atoms with Crippen molar-refractivity contribution in [3.05, 3.63) is 145 Å². The molecule has 10 rings (SSSR count). The largest absolute Gasteiger partial charge is 0.483 e. The van der Waals surface area contributed by atoms with Crippen molar-refractivity contribution in [1.29, 1.82) is 0 Å². The highest BCUT2D eigenvalue weighted by molar-refractivity contribution is 6.06. The molecule has 2 atom stereocenters. The number of hydrogen-bond donors (Lipinski definition) is 0. The summed E-state index contributed by atoms with van der Waals surface area (Å²) in [6, 6.07) is 47.1. The Labute approximate surface area is 247 Å². The summed E-state index contributed by atoms with van der Waals surface area (Å²) < 4.78 is 15.1. The molecule has 8 aromatic rings. The molecule has 0 saturated heterocycles. The third-order valence-corrected chi connectivity index (χ3v) is 9.18. The van der Waals surface area contributed by atoms with Crippen molar-refractivity contribution in [2.45, 2.75) is 12.1 Å². The average Bonchev–Trinajstić information content (AvgIpc) is 3.76. The van der Waals surface area contributed by atoms with Gasteiger partial charge in [-0.25, -0.2) is 4.98 Å². The second-order valence-electron chi connectivity index (χ2n) is 11.5. The Balaban J connectivity index is 1.06. The summed E-state index contributed by atoms with van der Waals surface area (Å²) >= 11 is 0. The first-order valence-electron chi connectivity index (χ1n) is 14.7. The quantitative estimate of drug-likeness (QED) is 0.214. The molecule has 4 nitrogen and oxygen atoms in total. The van der Waals surface area contributed by atoms with E-state index in [1.165, 1.54) is 33.4 Å². The fourth-order valence-electron chi connectivity index (χ4n) is 7.16. The first-order valence-corrected chi connectivity index (χ1v) is 14.7. The van der Waals surface area contributed by atoms with E-state index in [1.807, 2.05) is 12.1 Å².